The van der Waals surface area contributed by atoms with Crippen LogP contribution >= 0.6 is 0 Å². The van der Waals surface area contributed by atoms with Crippen molar-refractivity contribution in [1.29, 1.82) is 0 Å². The van der Waals surface area contributed by atoms with Gasteiger partial charge in [-0.25, -0.2) is 4.79 Å². The van der Waals surface area contributed by atoms with Gasteiger partial charge in [0.15, 0.2) is 6.61 Å². The first-order valence-corrected chi connectivity index (χ1v) is 5.88. The monoisotopic (exact) mass is 235 g/mol. The van der Waals surface area contributed by atoms with Crippen LogP contribution in [-0.4, -0.2) is 19.2 Å². The van der Waals surface area contributed by atoms with Crippen LogP contribution in [-0.2, 0) is 9.53 Å². The first-order valence-electron chi connectivity index (χ1n) is 5.88. The molecule has 0 bridgehead atoms. The summed E-state index contributed by atoms with van der Waals surface area (Å²) in [5.41, 5.74) is 6.21. The van der Waals surface area contributed by atoms with Crippen LogP contribution < -0.4 is 10.5 Å². The van der Waals surface area contributed by atoms with Gasteiger partial charge in [0, 0.05) is 0 Å². The highest BCUT2D eigenvalue weighted by Gasteiger charge is 2.19. The SMILES string of the molecule is Nc1ccccc1OCC(=O)OCC1CCC1. The van der Waals surface area contributed by atoms with E-state index in [-0.39, 0.29) is 12.6 Å². The fourth-order valence-corrected chi connectivity index (χ4v) is 1.66. The predicted octanol–water partition coefficient (Wildman–Crippen LogP) is 1.99. The molecule has 0 spiro atoms. The lowest BCUT2D eigenvalue weighted by Crippen LogP contribution is -2.23. The summed E-state index contributed by atoms with van der Waals surface area (Å²) in [5, 5.41) is 0. The molecule has 1 aliphatic rings. The normalized spacial score (nSPS) is 15.1. The fraction of sp³-hybridized carbons (Fsp3) is 0.462. The molecular formula is C13H17NO3. The quantitative estimate of drug-likeness (QED) is 0.626. The molecule has 0 aromatic heterocycles. The maximum absolute atomic E-state index is 11.4. The predicted molar refractivity (Wildman–Crippen MR) is 64.6 cm³/mol. The molecule has 0 aliphatic heterocycles. The van der Waals surface area contributed by atoms with Gasteiger partial charge in [0.2, 0.25) is 0 Å². The lowest BCUT2D eigenvalue weighted by molar-refractivity contribution is -0.148. The first kappa shape index (κ1) is 11.8. The van der Waals surface area contributed by atoms with Gasteiger partial charge in [0.25, 0.3) is 0 Å². The van der Waals surface area contributed by atoms with E-state index in [2.05, 4.69) is 0 Å². The van der Waals surface area contributed by atoms with E-state index in [4.69, 9.17) is 15.2 Å². The number of ether oxygens (including phenoxy) is 2. The van der Waals surface area contributed by atoms with Gasteiger partial charge in [-0.3, -0.25) is 0 Å². The van der Waals surface area contributed by atoms with E-state index >= 15 is 0 Å². The highest BCUT2D eigenvalue weighted by atomic mass is 16.6. The second-order valence-electron chi connectivity index (χ2n) is 4.31. The second-order valence-corrected chi connectivity index (χ2v) is 4.31. The Bertz CT molecular complexity index is 388. The lowest BCUT2D eigenvalue weighted by atomic mass is 9.86. The molecule has 4 heteroatoms. The minimum atomic E-state index is -0.333. The molecule has 2 rings (SSSR count). The average molecular weight is 235 g/mol. The van der Waals surface area contributed by atoms with Crippen molar-refractivity contribution in [1.82, 2.24) is 0 Å². The third-order valence-electron chi connectivity index (χ3n) is 2.97. The molecule has 0 atom stereocenters. The van der Waals surface area contributed by atoms with E-state index in [1.807, 2.05) is 12.1 Å². The summed E-state index contributed by atoms with van der Waals surface area (Å²) in [4.78, 5) is 11.4. The van der Waals surface area contributed by atoms with Crippen LogP contribution in [0.25, 0.3) is 0 Å². The number of hydrogen-bond donors (Lipinski definition) is 1. The Balaban J connectivity index is 1.70. The Hall–Kier alpha value is -1.71. The summed E-state index contributed by atoms with van der Waals surface area (Å²) in [6.45, 7) is 0.438. The topological polar surface area (TPSA) is 61.5 Å². The Morgan fingerprint density at radius 2 is 2.12 bits per heavy atom. The van der Waals surface area contributed by atoms with Gasteiger partial charge in [-0.15, -0.1) is 0 Å². The molecule has 1 saturated carbocycles. The molecule has 1 aliphatic carbocycles. The molecule has 0 radical (unpaired) electrons. The molecule has 0 amide bonds. The molecule has 92 valence electrons. The smallest absolute Gasteiger partial charge is 0.344 e. The molecule has 2 N–H and O–H groups in total. The molecule has 1 aromatic rings. The summed E-state index contributed by atoms with van der Waals surface area (Å²) >= 11 is 0. The molecule has 1 aromatic carbocycles. The van der Waals surface area contributed by atoms with Gasteiger partial charge in [-0.2, -0.15) is 0 Å². The Labute approximate surface area is 101 Å². The van der Waals surface area contributed by atoms with Gasteiger partial charge >= 0.3 is 5.97 Å². The van der Waals surface area contributed by atoms with Crippen LogP contribution in [0.15, 0.2) is 24.3 Å². The van der Waals surface area contributed by atoms with Crippen LogP contribution in [0.1, 0.15) is 19.3 Å². The Kier molecular flexibility index (Phi) is 3.85. The van der Waals surface area contributed by atoms with E-state index in [9.17, 15) is 4.79 Å². The molecule has 0 saturated heterocycles. The van der Waals surface area contributed by atoms with E-state index < -0.39 is 0 Å². The van der Waals surface area contributed by atoms with Gasteiger partial charge in [0.1, 0.15) is 5.75 Å². The third-order valence-corrected chi connectivity index (χ3v) is 2.97. The first-order chi connectivity index (χ1) is 8.25. The van der Waals surface area contributed by atoms with Gasteiger partial charge in [0.05, 0.1) is 12.3 Å². The van der Waals surface area contributed by atoms with Gasteiger partial charge < -0.3 is 15.2 Å². The van der Waals surface area contributed by atoms with Crippen molar-refractivity contribution < 1.29 is 14.3 Å². The van der Waals surface area contributed by atoms with Gasteiger partial charge in [-0.05, 0) is 30.9 Å². The number of nitrogens with two attached hydrogens (primary N) is 1. The van der Waals surface area contributed by atoms with Crippen LogP contribution in [0, 0.1) is 5.92 Å². The maximum Gasteiger partial charge on any atom is 0.344 e. The van der Waals surface area contributed by atoms with E-state index in [1.54, 1.807) is 12.1 Å². The zero-order valence-corrected chi connectivity index (χ0v) is 9.72. The second kappa shape index (κ2) is 5.57. The number of carbonyl (C=O) groups excluding carboxylic acids is 1. The highest BCUT2D eigenvalue weighted by Crippen LogP contribution is 2.26. The van der Waals surface area contributed by atoms with Crippen LogP contribution in [0.4, 0.5) is 5.69 Å². The zero-order valence-electron chi connectivity index (χ0n) is 9.72. The molecule has 0 heterocycles. The van der Waals surface area contributed by atoms with Crippen molar-refractivity contribution in [3.8, 4) is 5.75 Å². The molecular weight excluding hydrogens is 218 g/mol. The van der Waals surface area contributed by atoms with Crippen LogP contribution in [0.2, 0.25) is 0 Å². The summed E-state index contributed by atoms with van der Waals surface area (Å²) in [5.74, 6) is 0.744. The number of rotatable bonds is 5. The van der Waals surface area contributed by atoms with E-state index in [0.29, 0.717) is 24.0 Å². The highest BCUT2D eigenvalue weighted by molar-refractivity contribution is 5.71. The van der Waals surface area contributed by atoms with E-state index in [0.717, 1.165) is 0 Å². The average Bonchev–Trinajstić information content (AvgIpc) is 2.26. The largest absolute Gasteiger partial charge is 0.480 e. The van der Waals surface area contributed by atoms with Crippen molar-refractivity contribution in [2.75, 3.05) is 18.9 Å². The number of nitrogen functional groups attached to an aromatic ring is 1. The van der Waals surface area contributed by atoms with Crippen molar-refractivity contribution in [3.63, 3.8) is 0 Å². The van der Waals surface area contributed by atoms with Crippen molar-refractivity contribution in [3.05, 3.63) is 24.3 Å². The summed E-state index contributed by atoms with van der Waals surface area (Å²) < 4.78 is 10.4. The van der Waals surface area contributed by atoms with Crippen LogP contribution in [0.3, 0.4) is 0 Å². The maximum atomic E-state index is 11.4. The molecule has 4 nitrogen and oxygen atoms in total. The molecule has 0 unspecified atom stereocenters. The summed E-state index contributed by atoms with van der Waals surface area (Å²) in [6, 6.07) is 7.09. The number of anilines is 1. The van der Waals surface area contributed by atoms with Crippen molar-refractivity contribution in [2.45, 2.75) is 19.3 Å². The van der Waals surface area contributed by atoms with E-state index in [1.165, 1.54) is 19.3 Å². The fourth-order valence-electron chi connectivity index (χ4n) is 1.66. The lowest BCUT2D eigenvalue weighted by Gasteiger charge is -2.24. The zero-order chi connectivity index (χ0) is 12.1. The third kappa shape index (κ3) is 3.37. The molecule has 1 fully saturated rings. The van der Waals surface area contributed by atoms with Crippen molar-refractivity contribution >= 4 is 11.7 Å². The summed E-state index contributed by atoms with van der Waals surface area (Å²) in [6.07, 6.45) is 3.58. The minimum Gasteiger partial charge on any atom is -0.480 e. The Morgan fingerprint density at radius 1 is 1.35 bits per heavy atom. The van der Waals surface area contributed by atoms with Crippen LogP contribution in [0.5, 0.6) is 5.75 Å². The molecule has 17 heavy (non-hydrogen) atoms. The number of carbonyl (C=O) groups is 1. The number of esters is 1. The number of hydrogen-bond acceptors (Lipinski definition) is 4. The number of benzene rings is 1. The number of para-hydroxylation sites is 2. The van der Waals surface area contributed by atoms with Crippen molar-refractivity contribution in [2.24, 2.45) is 5.92 Å². The Morgan fingerprint density at radius 3 is 2.76 bits per heavy atom. The summed E-state index contributed by atoms with van der Waals surface area (Å²) in [7, 11) is 0. The van der Waals surface area contributed by atoms with Gasteiger partial charge in [-0.1, -0.05) is 18.6 Å². The standard InChI is InChI=1S/C13H17NO3/c14-11-6-1-2-7-12(11)16-9-13(15)17-8-10-4-3-5-10/h1-2,6-7,10H,3-5,8-9,14H2. The minimum absolute atomic E-state index is 0.0824.